The van der Waals surface area contributed by atoms with E-state index in [1.165, 1.54) is 12.7 Å². The molecule has 0 aliphatic carbocycles. The Morgan fingerprint density at radius 1 is 1.10 bits per heavy atom. The van der Waals surface area contributed by atoms with Crippen LogP contribution in [0.2, 0.25) is 0 Å². The second-order valence-electron chi connectivity index (χ2n) is 8.98. The Bertz CT molecular complexity index is 1110. The molecule has 4 rings (SSSR count). The highest BCUT2D eigenvalue weighted by Crippen LogP contribution is 2.31. The van der Waals surface area contributed by atoms with Gasteiger partial charge in [-0.3, -0.25) is 0 Å². The minimum absolute atomic E-state index is 0.244. The van der Waals surface area contributed by atoms with E-state index in [2.05, 4.69) is 29.2 Å². The largest absolute Gasteiger partial charge is 0.465 e. The molecule has 0 radical (unpaired) electrons. The Morgan fingerprint density at radius 3 is 2.52 bits per heavy atom. The maximum atomic E-state index is 12.3. The zero-order valence-electron chi connectivity index (χ0n) is 18.4. The molecule has 0 saturated carbocycles. The number of esters is 1. The predicted octanol–water partition coefficient (Wildman–Crippen LogP) is 5.35. The number of likely N-dealkylation sites (tertiary alicyclic amines) is 1. The van der Waals surface area contributed by atoms with E-state index in [1.54, 1.807) is 11.0 Å². The molecule has 6 nitrogen and oxygen atoms in total. The second-order valence-corrected chi connectivity index (χ2v) is 8.98. The smallest absolute Gasteiger partial charge is 0.410 e. The minimum Gasteiger partial charge on any atom is -0.465 e. The van der Waals surface area contributed by atoms with Gasteiger partial charge in [-0.15, -0.1) is 0 Å². The molecular formula is C25H28N2O4. The Morgan fingerprint density at radius 2 is 1.84 bits per heavy atom. The molecule has 1 unspecified atom stereocenters. The number of carbonyl (C=O) groups excluding carboxylic acids is 2. The van der Waals surface area contributed by atoms with Crippen LogP contribution >= 0.6 is 0 Å². The van der Waals surface area contributed by atoms with Gasteiger partial charge in [0.25, 0.3) is 0 Å². The van der Waals surface area contributed by atoms with Gasteiger partial charge in [0.1, 0.15) is 5.60 Å². The number of nitrogens with one attached hydrogen (secondary N) is 1. The van der Waals surface area contributed by atoms with Crippen molar-refractivity contribution in [2.24, 2.45) is 0 Å². The number of hydrogen-bond acceptors (Lipinski definition) is 4. The standard InChI is InChI=1S/C25H28N2O4/c1-25(2,3)31-24(29)27-13-12-18(15-27)16-8-10-17(11-9-16)22-14-20-19(23(28)30-4)6-5-7-21(20)26-22/h5-11,14,18,26H,12-13,15H2,1-4H3. The van der Waals surface area contributed by atoms with Crippen LogP contribution in [0.3, 0.4) is 0 Å². The lowest BCUT2D eigenvalue weighted by atomic mass is 9.97. The third kappa shape index (κ3) is 4.43. The number of rotatable bonds is 3. The Kier molecular flexibility index (Phi) is 5.48. The van der Waals surface area contributed by atoms with E-state index in [0.717, 1.165) is 28.6 Å². The summed E-state index contributed by atoms with van der Waals surface area (Å²) in [6.45, 7) is 7.03. The molecule has 0 spiro atoms. The number of aromatic amines is 1. The van der Waals surface area contributed by atoms with E-state index in [1.807, 2.05) is 39.0 Å². The van der Waals surface area contributed by atoms with Crippen LogP contribution in [-0.2, 0) is 9.47 Å². The van der Waals surface area contributed by atoms with Gasteiger partial charge < -0.3 is 19.4 Å². The quantitative estimate of drug-likeness (QED) is 0.580. The molecule has 31 heavy (non-hydrogen) atoms. The summed E-state index contributed by atoms with van der Waals surface area (Å²) < 4.78 is 10.4. The fourth-order valence-electron chi connectivity index (χ4n) is 4.06. The SMILES string of the molecule is COC(=O)c1cccc2[nH]c(-c3ccc(C4CCN(C(=O)OC(C)(C)C)C4)cc3)cc12. The van der Waals surface area contributed by atoms with Crippen molar-refractivity contribution in [2.75, 3.05) is 20.2 Å². The number of aromatic nitrogens is 1. The van der Waals surface area contributed by atoms with Crippen molar-refractivity contribution in [3.05, 3.63) is 59.7 Å². The Hall–Kier alpha value is -3.28. The Balaban J connectivity index is 1.50. The normalized spacial score (nSPS) is 16.5. The summed E-state index contributed by atoms with van der Waals surface area (Å²) in [5, 5.41) is 0.845. The van der Waals surface area contributed by atoms with Gasteiger partial charge in [-0.05, 0) is 56.5 Å². The molecule has 1 amide bonds. The topological polar surface area (TPSA) is 71.6 Å². The number of ether oxygens (including phenoxy) is 2. The highest BCUT2D eigenvalue weighted by atomic mass is 16.6. The molecule has 6 heteroatoms. The molecule has 1 atom stereocenters. The first kappa shape index (κ1) is 21.0. The average molecular weight is 421 g/mol. The van der Waals surface area contributed by atoms with Crippen molar-refractivity contribution in [1.29, 1.82) is 0 Å². The Labute approximate surface area is 182 Å². The molecule has 162 valence electrons. The van der Waals surface area contributed by atoms with Gasteiger partial charge in [-0.1, -0.05) is 30.3 Å². The maximum Gasteiger partial charge on any atom is 0.410 e. The first-order valence-electron chi connectivity index (χ1n) is 10.5. The number of benzene rings is 2. The summed E-state index contributed by atoms with van der Waals surface area (Å²) in [6.07, 6.45) is 0.680. The molecule has 1 aromatic heterocycles. The van der Waals surface area contributed by atoms with Crippen LogP contribution in [0, 0.1) is 0 Å². The average Bonchev–Trinajstić information content (AvgIpc) is 3.39. The number of methoxy groups -OCH3 is 1. The van der Waals surface area contributed by atoms with Crippen LogP contribution in [0.1, 0.15) is 49.0 Å². The fourth-order valence-corrected chi connectivity index (χ4v) is 4.06. The lowest BCUT2D eigenvalue weighted by Gasteiger charge is -2.24. The van der Waals surface area contributed by atoms with E-state index >= 15 is 0 Å². The lowest BCUT2D eigenvalue weighted by Crippen LogP contribution is -2.35. The van der Waals surface area contributed by atoms with Gasteiger partial charge in [0.2, 0.25) is 0 Å². The molecule has 2 aromatic carbocycles. The molecule has 3 aromatic rings. The predicted molar refractivity (Wildman–Crippen MR) is 120 cm³/mol. The molecule has 1 N–H and O–H groups in total. The first-order chi connectivity index (χ1) is 14.7. The molecule has 0 bridgehead atoms. The molecule has 1 saturated heterocycles. The number of hydrogen-bond donors (Lipinski definition) is 1. The van der Waals surface area contributed by atoms with E-state index in [0.29, 0.717) is 24.6 Å². The number of carbonyl (C=O) groups is 2. The molecule has 1 aliphatic heterocycles. The van der Waals surface area contributed by atoms with Crippen molar-refractivity contribution in [2.45, 2.75) is 38.7 Å². The lowest BCUT2D eigenvalue weighted by molar-refractivity contribution is 0.0292. The molecule has 1 fully saturated rings. The number of nitrogens with zero attached hydrogens (tertiary/aromatic N) is 1. The first-order valence-corrected chi connectivity index (χ1v) is 10.5. The highest BCUT2D eigenvalue weighted by Gasteiger charge is 2.30. The van der Waals surface area contributed by atoms with Crippen LogP contribution in [-0.4, -0.2) is 47.7 Å². The molecule has 2 heterocycles. The summed E-state index contributed by atoms with van der Waals surface area (Å²) >= 11 is 0. The maximum absolute atomic E-state index is 12.3. The van der Waals surface area contributed by atoms with E-state index in [4.69, 9.17) is 9.47 Å². The van der Waals surface area contributed by atoms with Gasteiger partial charge in [0, 0.05) is 35.6 Å². The summed E-state index contributed by atoms with van der Waals surface area (Å²) in [5.41, 5.74) is 4.15. The molecular weight excluding hydrogens is 392 g/mol. The summed E-state index contributed by atoms with van der Waals surface area (Å²) in [6, 6.07) is 15.9. The van der Waals surface area contributed by atoms with Gasteiger partial charge >= 0.3 is 12.1 Å². The van der Waals surface area contributed by atoms with Crippen molar-refractivity contribution in [3.63, 3.8) is 0 Å². The van der Waals surface area contributed by atoms with Crippen molar-refractivity contribution in [1.82, 2.24) is 9.88 Å². The fraction of sp³-hybridized carbons (Fsp3) is 0.360. The van der Waals surface area contributed by atoms with Crippen LogP contribution in [0.15, 0.2) is 48.5 Å². The van der Waals surface area contributed by atoms with Gasteiger partial charge in [-0.25, -0.2) is 9.59 Å². The van der Waals surface area contributed by atoms with Crippen molar-refractivity contribution in [3.8, 4) is 11.3 Å². The minimum atomic E-state index is -0.482. The van der Waals surface area contributed by atoms with Crippen molar-refractivity contribution < 1.29 is 19.1 Å². The van der Waals surface area contributed by atoms with Crippen molar-refractivity contribution >= 4 is 23.0 Å². The van der Waals surface area contributed by atoms with Crippen LogP contribution < -0.4 is 0 Å². The third-order valence-corrected chi connectivity index (χ3v) is 5.60. The van der Waals surface area contributed by atoms with Gasteiger partial charge in [0.05, 0.1) is 12.7 Å². The van der Waals surface area contributed by atoms with E-state index in [9.17, 15) is 9.59 Å². The summed E-state index contributed by atoms with van der Waals surface area (Å²) in [4.78, 5) is 29.5. The third-order valence-electron chi connectivity index (χ3n) is 5.60. The summed E-state index contributed by atoms with van der Waals surface area (Å²) in [5.74, 6) is -0.0440. The van der Waals surface area contributed by atoms with E-state index in [-0.39, 0.29) is 12.1 Å². The second kappa shape index (κ2) is 8.10. The number of fused-ring (bicyclic) bond motifs is 1. The van der Waals surface area contributed by atoms with Crippen LogP contribution in [0.5, 0.6) is 0 Å². The van der Waals surface area contributed by atoms with Crippen LogP contribution in [0.4, 0.5) is 4.79 Å². The highest BCUT2D eigenvalue weighted by molar-refractivity contribution is 6.05. The van der Waals surface area contributed by atoms with Crippen LogP contribution in [0.25, 0.3) is 22.2 Å². The zero-order chi connectivity index (χ0) is 22.2. The number of H-pyrrole nitrogens is 1. The summed E-state index contributed by atoms with van der Waals surface area (Å²) in [7, 11) is 1.39. The number of amides is 1. The zero-order valence-corrected chi connectivity index (χ0v) is 18.4. The molecule has 1 aliphatic rings. The van der Waals surface area contributed by atoms with Gasteiger partial charge in [0.15, 0.2) is 0 Å². The van der Waals surface area contributed by atoms with Gasteiger partial charge in [-0.2, -0.15) is 0 Å². The monoisotopic (exact) mass is 420 g/mol. The van der Waals surface area contributed by atoms with E-state index < -0.39 is 5.60 Å².